The Labute approximate surface area is 110 Å². The predicted molar refractivity (Wildman–Crippen MR) is 72.2 cm³/mol. The van der Waals surface area contributed by atoms with Gasteiger partial charge >= 0.3 is 0 Å². The Hall–Kier alpha value is -0.170. The van der Waals surface area contributed by atoms with Crippen molar-refractivity contribution in [2.24, 2.45) is 17.6 Å². The van der Waals surface area contributed by atoms with Crippen LogP contribution in [0.1, 0.15) is 32.6 Å². The van der Waals surface area contributed by atoms with Crippen LogP contribution in [0.2, 0.25) is 0 Å². The van der Waals surface area contributed by atoms with Crippen molar-refractivity contribution in [1.82, 2.24) is 8.61 Å². The van der Waals surface area contributed by atoms with Crippen molar-refractivity contribution in [3.05, 3.63) is 0 Å². The van der Waals surface area contributed by atoms with E-state index < -0.39 is 10.2 Å². The topological polar surface area (TPSA) is 66.6 Å². The summed E-state index contributed by atoms with van der Waals surface area (Å²) in [7, 11) is -3.22. The fourth-order valence-electron chi connectivity index (χ4n) is 3.00. The Morgan fingerprint density at radius 1 is 1.17 bits per heavy atom. The first kappa shape index (κ1) is 14.2. The van der Waals surface area contributed by atoms with Crippen LogP contribution in [0.15, 0.2) is 0 Å². The van der Waals surface area contributed by atoms with E-state index in [1.54, 1.807) is 8.61 Å². The molecule has 2 fully saturated rings. The zero-order chi connectivity index (χ0) is 13.2. The number of hydrogen-bond acceptors (Lipinski definition) is 3. The van der Waals surface area contributed by atoms with Crippen LogP contribution in [0.3, 0.4) is 0 Å². The van der Waals surface area contributed by atoms with Gasteiger partial charge in [0.1, 0.15) is 0 Å². The zero-order valence-corrected chi connectivity index (χ0v) is 12.0. The van der Waals surface area contributed by atoms with Crippen LogP contribution in [0.4, 0.5) is 0 Å². The van der Waals surface area contributed by atoms with E-state index in [4.69, 9.17) is 5.73 Å². The first-order valence-electron chi connectivity index (χ1n) is 6.99. The molecule has 2 unspecified atom stereocenters. The monoisotopic (exact) mass is 275 g/mol. The maximum absolute atomic E-state index is 12.5. The Bertz CT molecular complexity index is 372. The van der Waals surface area contributed by atoms with Crippen molar-refractivity contribution >= 4 is 10.2 Å². The summed E-state index contributed by atoms with van der Waals surface area (Å²) in [6, 6.07) is 0. The first-order valence-corrected chi connectivity index (χ1v) is 8.39. The molecule has 0 bridgehead atoms. The zero-order valence-electron chi connectivity index (χ0n) is 11.2. The molecule has 2 rings (SSSR count). The Balaban J connectivity index is 1.98. The minimum Gasteiger partial charge on any atom is -0.330 e. The molecule has 0 aromatic carbocycles. The molecule has 0 spiro atoms. The fourth-order valence-corrected chi connectivity index (χ4v) is 4.86. The molecule has 18 heavy (non-hydrogen) atoms. The SMILES string of the molecule is CC1CCCN(S(=O)(=O)N2CCC(CCN)C2)C1. The van der Waals surface area contributed by atoms with Gasteiger partial charge in [0.05, 0.1) is 0 Å². The van der Waals surface area contributed by atoms with E-state index in [0.717, 1.165) is 25.7 Å². The van der Waals surface area contributed by atoms with Crippen molar-refractivity contribution in [2.45, 2.75) is 32.6 Å². The summed E-state index contributed by atoms with van der Waals surface area (Å²) >= 11 is 0. The number of nitrogens with zero attached hydrogens (tertiary/aromatic N) is 2. The van der Waals surface area contributed by atoms with Crippen molar-refractivity contribution in [3.8, 4) is 0 Å². The molecule has 0 saturated carbocycles. The summed E-state index contributed by atoms with van der Waals surface area (Å²) in [4.78, 5) is 0. The number of piperidine rings is 1. The standard InChI is InChI=1S/C12H25N3O2S/c1-11-3-2-7-14(9-11)18(16,17)15-8-5-12(10-15)4-6-13/h11-12H,2-10,13H2,1H3. The summed E-state index contributed by atoms with van der Waals surface area (Å²) in [6.07, 6.45) is 4.02. The quantitative estimate of drug-likeness (QED) is 0.818. The Kier molecular flexibility index (Phi) is 4.64. The molecular formula is C12H25N3O2S. The van der Waals surface area contributed by atoms with Crippen LogP contribution in [0.25, 0.3) is 0 Å². The van der Waals surface area contributed by atoms with Gasteiger partial charge in [-0.1, -0.05) is 6.92 Å². The third kappa shape index (κ3) is 3.04. The molecule has 2 saturated heterocycles. The normalized spacial score (nSPS) is 31.9. The highest BCUT2D eigenvalue weighted by Crippen LogP contribution is 2.26. The van der Waals surface area contributed by atoms with Crippen molar-refractivity contribution in [2.75, 3.05) is 32.7 Å². The second kappa shape index (κ2) is 5.86. The summed E-state index contributed by atoms with van der Waals surface area (Å²) in [5.41, 5.74) is 5.55. The van der Waals surface area contributed by atoms with Crippen LogP contribution in [0, 0.1) is 11.8 Å². The minimum absolute atomic E-state index is 0.451. The van der Waals surface area contributed by atoms with E-state index in [2.05, 4.69) is 6.92 Å². The second-order valence-corrected chi connectivity index (χ2v) is 7.63. The fraction of sp³-hybridized carbons (Fsp3) is 1.00. The summed E-state index contributed by atoms with van der Waals surface area (Å²) in [5, 5.41) is 0. The lowest BCUT2D eigenvalue weighted by atomic mass is 10.0. The summed E-state index contributed by atoms with van der Waals surface area (Å²) in [6.45, 7) is 5.47. The maximum Gasteiger partial charge on any atom is 0.281 e. The molecule has 106 valence electrons. The molecule has 0 amide bonds. The van der Waals surface area contributed by atoms with Crippen molar-refractivity contribution in [3.63, 3.8) is 0 Å². The Morgan fingerprint density at radius 2 is 1.89 bits per heavy atom. The van der Waals surface area contributed by atoms with Crippen molar-refractivity contribution < 1.29 is 8.42 Å². The predicted octanol–water partition coefficient (Wildman–Crippen LogP) is 0.634. The van der Waals surface area contributed by atoms with Crippen LogP contribution in [0.5, 0.6) is 0 Å². The third-order valence-corrected chi connectivity index (χ3v) is 6.06. The van der Waals surface area contributed by atoms with Gasteiger partial charge in [0.15, 0.2) is 0 Å². The van der Waals surface area contributed by atoms with E-state index in [-0.39, 0.29) is 0 Å². The van der Waals surface area contributed by atoms with E-state index in [0.29, 0.717) is 44.6 Å². The minimum atomic E-state index is -3.22. The van der Waals surface area contributed by atoms with Crippen LogP contribution in [-0.4, -0.2) is 49.8 Å². The van der Waals surface area contributed by atoms with Crippen LogP contribution in [-0.2, 0) is 10.2 Å². The average molecular weight is 275 g/mol. The highest BCUT2D eigenvalue weighted by atomic mass is 32.2. The van der Waals surface area contributed by atoms with Gasteiger partial charge in [-0.2, -0.15) is 17.0 Å². The van der Waals surface area contributed by atoms with Gasteiger partial charge in [0.25, 0.3) is 10.2 Å². The highest BCUT2D eigenvalue weighted by molar-refractivity contribution is 7.86. The number of nitrogens with two attached hydrogens (primary N) is 1. The van der Waals surface area contributed by atoms with Crippen molar-refractivity contribution in [1.29, 1.82) is 0 Å². The third-order valence-electron chi connectivity index (χ3n) is 4.10. The van der Waals surface area contributed by atoms with E-state index in [1.165, 1.54) is 0 Å². The average Bonchev–Trinajstić information content (AvgIpc) is 2.79. The van der Waals surface area contributed by atoms with Crippen LogP contribution >= 0.6 is 0 Å². The maximum atomic E-state index is 12.5. The molecule has 2 heterocycles. The smallest absolute Gasteiger partial charge is 0.281 e. The molecule has 0 radical (unpaired) electrons. The number of hydrogen-bond donors (Lipinski definition) is 1. The highest BCUT2D eigenvalue weighted by Gasteiger charge is 2.36. The van der Waals surface area contributed by atoms with Gasteiger partial charge in [0, 0.05) is 26.2 Å². The lowest BCUT2D eigenvalue weighted by molar-refractivity contribution is 0.262. The molecule has 2 aliphatic heterocycles. The lowest BCUT2D eigenvalue weighted by Gasteiger charge is -2.33. The van der Waals surface area contributed by atoms with Gasteiger partial charge in [-0.25, -0.2) is 0 Å². The molecule has 0 aromatic heterocycles. The second-order valence-electron chi connectivity index (χ2n) is 5.70. The molecule has 2 atom stereocenters. The van der Waals surface area contributed by atoms with E-state index in [9.17, 15) is 8.42 Å². The molecule has 0 aromatic rings. The van der Waals surface area contributed by atoms with Gasteiger partial charge in [0.2, 0.25) is 0 Å². The van der Waals surface area contributed by atoms with Gasteiger partial charge < -0.3 is 5.73 Å². The largest absolute Gasteiger partial charge is 0.330 e. The van der Waals surface area contributed by atoms with Gasteiger partial charge in [-0.3, -0.25) is 0 Å². The molecule has 2 N–H and O–H groups in total. The summed E-state index contributed by atoms with van der Waals surface area (Å²) in [5.74, 6) is 0.933. The van der Waals surface area contributed by atoms with Gasteiger partial charge in [-0.05, 0) is 44.1 Å². The molecule has 2 aliphatic rings. The van der Waals surface area contributed by atoms with Gasteiger partial charge in [-0.15, -0.1) is 0 Å². The molecule has 6 heteroatoms. The molecule has 0 aliphatic carbocycles. The lowest BCUT2D eigenvalue weighted by Crippen LogP contribution is -2.46. The van der Waals surface area contributed by atoms with E-state index in [1.807, 2.05) is 0 Å². The van der Waals surface area contributed by atoms with Crippen LogP contribution < -0.4 is 5.73 Å². The summed E-state index contributed by atoms with van der Waals surface area (Å²) < 4.78 is 28.3. The molecular weight excluding hydrogens is 250 g/mol. The molecule has 5 nitrogen and oxygen atoms in total. The first-order chi connectivity index (χ1) is 8.54. The Morgan fingerprint density at radius 3 is 2.56 bits per heavy atom. The van der Waals surface area contributed by atoms with E-state index >= 15 is 0 Å². The number of rotatable bonds is 4.